The van der Waals surface area contributed by atoms with Gasteiger partial charge in [-0.15, -0.1) is 0 Å². The van der Waals surface area contributed by atoms with Gasteiger partial charge >= 0.3 is 0 Å². The summed E-state index contributed by atoms with van der Waals surface area (Å²) in [7, 11) is 1.64. The number of para-hydroxylation sites is 2. The van der Waals surface area contributed by atoms with E-state index in [4.69, 9.17) is 14.5 Å². The van der Waals surface area contributed by atoms with E-state index >= 15 is 0 Å². The topological polar surface area (TPSA) is 64.5 Å². The van der Waals surface area contributed by atoms with Crippen molar-refractivity contribution in [3.8, 4) is 17.2 Å². The summed E-state index contributed by atoms with van der Waals surface area (Å²) in [6.45, 7) is 2.39. The highest BCUT2D eigenvalue weighted by Crippen LogP contribution is 2.46. The van der Waals surface area contributed by atoms with Gasteiger partial charge in [0.15, 0.2) is 5.13 Å². The standard InChI is InChI=1S/C29H23N3O3S/c1-18-13-14-24(34-2)26-27(18)36-29(31-26)32(17-19-8-7-15-30-16-19)28(33)25-20-9-3-5-11-22(20)35-23-12-6-4-10-21(23)25/h3-16,25H,17H2,1-2H3. The third-order valence-electron chi connectivity index (χ3n) is 6.40. The molecule has 0 atom stereocenters. The van der Waals surface area contributed by atoms with Crippen LogP contribution in [0.1, 0.15) is 28.2 Å². The average Bonchev–Trinajstić information content (AvgIpc) is 3.37. The molecule has 1 amide bonds. The Labute approximate surface area is 212 Å². The number of anilines is 1. The summed E-state index contributed by atoms with van der Waals surface area (Å²) >= 11 is 1.50. The lowest BCUT2D eigenvalue weighted by atomic mass is 9.87. The Morgan fingerprint density at radius 1 is 1.00 bits per heavy atom. The Morgan fingerprint density at radius 3 is 2.39 bits per heavy atom. The molecular weight excluding hydrogens is 470 g/mol. The Kier molecular flexibility index (Phi) is 5.62. The predicted molar refractivity (Wildman–Crippen MR) is 141 cm³/mol. The van der Waals surface area contributed by atoms with Gasteiger partial charge in [0.1, 0.15) is 22.8 Å². The first-order chi connectivity index (χ1) is 17.6. The number of amides is 1. The van der Waals surface area contributed by atoms with Gasteiger partial charge in [-0.25, -0.2) is 4.98 Å². The molecule has 0 fully saturated rings. The van der Waals surface area contributed by atoms with Crippen LogP contribution in [0.5, 0.6) is 17.2 Å². The molecule has 1 aliphatic rings. The molecule has 7 heteroatoms. The van der Waals surface area contributed by atoms with Crippen LogP contribution in [0.3, 0.4) is 0 Å². The molecule has 3 heterocycles. The largest absolute Gasteiger partial charge is 0.494 e. The minimum Gasteiger partial charge on any atom is -0.494 e. The van der Waals surface area contributed by atoms with Crippen molar-refractivity contribution in [2.75, 3.05) is 12.0 Å². The lowest BCUT2D eigenvalue weighted by molar-refractivity contribution is -0.119. The van der Waals surface area contributed by atoms with Crippen LogP contribution in [0.25, 0.3) is 10.2 Å². The van der Waals surface area contributed by atoms with E-state index in [0.717, 1.165) is 32.5 Å². The number of aromatic nitrogens is 2. The van der Waals surface area contributed by atoms with Gasteiger partial charge < -0.3 is 9.47 Å². The normalized spacial score (nSPS) is 12.5. The molecule has 3 aromatic carbocycles. The molecule has 0 aliphatic carbocycles. The highest BCUT2D eigenvalue weighted by atomic mass is 32.1. The molecule has 1 aliphatic heterocycles. The van der Waals surface area contributed by atoms with Crippen LogP contribution in [0.4, 0.5) is 5.13 Å². The number of thiazole rings is 1. The Hall–Kier alpha value is -4.23. The first-order valence-corrected chi connectivity index (χ1v) is 12.5. The van der Waals surface area contributed by atoms with Crippen molar-refractivity contribution in [3.05, 3.63) is 107 Å². The van der Waals surface area contributed by atoms with Crippen molar-refractivity contribution in [1.29, 1.82) is 0 Å². The summed E-state index contributed by atoms with van der Waals surface area (Å²) in [6, 6.07) is 23.2. The van der Waals surface area contributed by atoms with E-state index in [1.54, 1.807) is 24.4 Å². The minimum atomic E-state index is -0.530. The number of benzene rings is 3. The number of carbonyl (C=O) groups excluding carboxylic acids is 1. The molecule has 6 nitrogen and oxygen atoms in total. The van der Waals surface area contributed by atoms with E-state index < -0.39 is 5.92 Å². The number of rotatable bonds is 5. The molecule has 0 bridgehead atoms. The van der Waals surface area contributed by atoms with Gasteiger partial charge in [0, 0.05) is 23.5 Å². The van der Waals surface area contributed by atoms with Gasteiger partial charge in [-0.2, -0.15) is 0 Å². The van der Waals surface area contributed by atoms with Gasteiger partial charge in [-0.05, 0) is 42.3 Å². The maximum atomic E-state index is 14.5. The molecule has 36 heavy (non-hydrogen) atoms. The number of fused-ring (bicyclic) bond motifs is 3. The molecule has 0 saturated heterocycles. The van der Waals surface area contributed by atoms with Crippen LogP contribution >= 0.6 is 11.3 Å². The van der Waals surface area contributed by atoms with Gasteiger partial charge in [0.2, 0.25) is 5.91 Å². The van der Waals surface area contributed by atoms with E-state index in [9.17, 15) is 4.79 Å². The van der Waals surface area contributed by atoms with Gasteiger partial charge in [-0.3, -0.25) is 14.7 Å². The molecule has 0 radical (unpaired) electrons. The minimum absolute atomic E-state index is 0.0715. The van der Waals surface area contributed by atoms with Crippen molar-refractivity contribution in [2.45, 2.75) is 19.4 Å². The molecule has 0 N–H and O–H groups in total. The highest BCUT2D eigenvalue weighted by molar-refractivity contribution is 7.22. The number of carbonyl (C=O) groups is 1. The molecule has 6 rings (SSSR count). The van der Waals surface area contributed by atoms with Gasteiger partial charge in [-0.1, -0.05) is 59.9 Å². The van der Waals surface area contributed by atoms with Crippen molar-refractivity contribution >= 4 is 32.6 Å². The van der Waals surface area contributed by atoms with E-state index in [1.165, 1.54) is 11.3 Å². The van der Waals surface area contributed by atoms with E-state index in [-0.39, 0.29) is 5.91 Å². The molecule has 0 saturated carbocycles. The van der Waals surface area contributed by atoms with Crippen molar-refractivity contribution in [2.24, 2.45) is 0 Å². The fourth-order valence-electron chi connectivity index (χ4n) is 4.62. The van der Waals surface area contributed by atoms with Crippen LogP contribution in [0.2, 0.25) is 0 Å². The van der Waals surface area contributed by atoms with Crippen LogP contribution in [0.15, 0.2) is 85.2 Å². The van der Waals surface area contributed by atoms with Crippen LogP contribution in [-0.2, 0) is 11.3 Å². The smallest absolute Gasteiger partial charge is 0.241 e. The molecule has 5 aromatic rings. The first kappa shape index (κ1) is 22.2. The summed E-state index contributed by atoms with van der Waals surface area (Å²) in [5.41, 5.74) is 4.45. The third kappa shape index (κ3) is 3.78. The number of aryl methyl sites for hydroxylation is 1. The molecular formula is C29H23N3O3S. The molecule has 178 valence electrons. The zero-order chi connectivity index (χ0) is 24.6. The van der Waals surface area contributed by atoms with E-state index in [1.807, 2.05) is 79.7 Å². The summed E-state index contributed by atoms with van der Waals surface area (Å²) in [6.07, 6.45) is 3.51. The fraction of sp³-hybridized carbons (Fsp3) is 0.138. The molecule has 2 aromatic heterocycles. The van der Waals surface area contributed by atoms with Crippen molar-refractivity contribution in [3.63, 3.8) is 0 Å². The van der Waals surface area contributed by atoms with Gasteiger partial charge in [0.25, 0.3) is 0 Å². The number of hydrogen-bond acceptors (Lipinski definition) is 6. The SMILES string of the molecule is COc1ccc(C)c2sc(N(Cc3cccnc3)C(=O)C3c4ccccc4Oc4ccccc43)nc12. The second-order valence-corrected chi connectivity index (χ2v) is 9.63. The summed E-state index contributed by atoms with van der Waals surface area (Å²) in [5.74, 6) is 1.47. The van der Waals surface area contributed by atoms with Crippen molar-refractivity contribution in [1.82, 2.24) is 9.97 Å². The maximum absolute atomic E-state index is 14.5. The Balaban J connectivity index is 1.52. The monoisotopic (exact) mass is 493 g/mol. The zero-order valence-electron chi connectivity index (χ0n) is 19.8. The number of methoxy groups -OCH3 is 1. The van der Waals surface area contributed by atoms with Crippen molar-refractivity contribution < 1.29 is 14.3 Å². The lowest BCUT2D eigenvalue weighted by Gasteiger charge is -2.31. The number of ether oxygens (including phenoxy) is 2. The zero-order valence-corrected chi connectivity index (χ0v) is 20.7. The number of pyridine rings is 1. The third-order valence-corrected chi connectivity index (χ3v) is 7.61. The first-order valence-electron chi connectivity index (χ1n) is 11.6. The summed E-state index contributed by atoms with van der Waals surface area (Å²) in [5, 5.41) is 0.618. The average molecular weight is 494 g/mol. The summed E-state index contributed by atoms with van der Waals surface area (Å²) in [4.78, 5) is 25.5. The van der Waals surface area contributed by atoms with E-state index in [2.05, 4.69) is 4.98 Å². The molecule has 0 spiro atoms. The van der Waals surface area contributed by atoms with Crippen LogP contribution in [-0.4, -0.2) is 23.0 Å². The lowest BCUT2D eigenvalue weighted by Crippen LogP contribution is -2.36. The fourth-order valence-corrected chi connectivity index (χ4v) is 5.68. The molecule has 0 unspecified atom stereocenters. The second kappa shape index (κ2) is 9.09. The summed E-state index contributed by atoms with van der Waals surface area (Å²) < 4.78 is 12.7. The maximum Gasteiger partial charge on any atom is 0.241 e. The van der Waals surface area contributed by atoms with Crippen LogP contribution in [0, 0.1) is 6.92 Å². The van der Waals surface area contributed by atoms with E-state index in [0.29, 0.717) is 28.9 Å². The van der Waals surface area contributed by atoms with Crippen LogP contribution < -0.4 is 14.4 Å². The number of nitrogens with zero attached hydrogens (tertiary/aromatic N) is 3. The Morgan fingerprint density at radius 2 is 1.72 bits per heavy atom. The van der Waals surface area contributed by atoms with Gasteiger partial charge in [0.05, 0.1) is 24.3 Å². The number of hydrogen-bond donors (Lipinski definition) is 0. The second-order valence-electron chi connectivity index (χ2n) is 8.66. The Bertz CT molecular complexity index is 1540. The highest BCUT2D eigenvalue weighted by Gasteiger charge is 2.36. The quantitative estimate of drug-likeness (QED) is 0.280. The predicted octanol–water partition coefficient (Wildman–Crippen LogP) is 6.48.